The minimum atomic E-state index is -0.954. The van der Waals surface area contributed by atoms with Crippen molar-refractivity contribution < 1.29 is 19.0 Å². The number of nitrogens with zero attached hydrogens (tertiary/aromatic N) is 3. The van der Waals surface area contributed by atoms with Gasteiger partial charge >= 0.3 is 5.97 Å². The zero-order valence-electron chi connectivity index (χ0n) is 11.5. The molecule has 21 heavy (non-hydrogen) atoms. The number of halogens is 1. The van der Waals surface area contributed by atoms with Gasteiger partial charge in [0.05, 0.1) is 18.0 Å². The average Bonchev–Trinajstić information content (AvgIpc) is 2.80. The summed E-state index contributed by atoms with van der Waals surface area (Å²) in [6.07, 6.45) is 0. The van der Waals surface area contributed by atoms with Gasteiger partial charge < -0.3 is 9.84 Å². The average molecular weight is 311 g/mol. The summed E-state index contributed by atoms with van der Waals surface area (Å²) >= 11 is 1.03. The maximum Gasteiger partial charge on any atom is 0.313 e. The van der Waals surface area contributed by atoms with Crippen LogP contribution in [0.2, 0.25) is 0 Å². The summed E-state index contributed by atoms with van der Waals surface area (Å²) in [5.74, 6) is -0.864. The van der Waals surface area contributed by atoms with Crippen LogP contribution in [-0.4, -0.2) is 38.2 Å². The van der Waals surface area contributed by atoms with E-state index in [0.29, 0.717) is 23.3 Å². The van der Waals surface area contributed by atoms with Crippen LogP contribution in [0.15, 0.2) is 23.4 Å². The van der Waals surface area contributed by atoms with Crippen molar-refractivity contribution in [1.82, 2.24) is 14.8 Å². The highest BCUT2D eigenvalue weighted by atomic mass is 32.2. The number of rotatable bonds is 6. The van der Waals surface area contributed by atoms with E-state index in [0.717, 1.165) is 11.8 Å². The van der Waals surface area contributed by atoms with Crippen LogP contribution in [0.25, 0.3) is 5.69 Å². The summed E-state index contributed by atoms with van der Waals surface area (Å²) in [7, 11) is 0. The Morgan fingerprint density at radius 1 is 1.48 bits per heavy atom. The maximum atomic E-state index is 13.9. The molecular weight excluding hydrogens is 297 g/mol. The van der Waals surface area contributed by atoms with E-state index in [9.17, 15) is 9.18 Å². The lowest BCUT2D eigenvalue weighted by molar-refractivity contribution is -0.133. The normalized spacial score (nSPS) is 10.6. The third-order valence-electron chi connectivity index (χ3n) is 2.59. The van der Waals surface area contributed by atoms with E-state index in [2.05, 4.69) is 10.2 Å². The smallest absolute Gasteiger partial charge is 0.313 e. The molecule has 0 saturated heterocycles. The SMILES string of the molecule is CCOc1ccc(-n2c(C)nnc2SCC(=O)O)cc1F. The van der Waals surface area contributed by atoms with Gasteiger partial charge in [-0.05, 0) is 26.0 Å². The Balaban J connectivity index is 2.35. The summed E-state index contributed by atoms with van der Waals surface area (Å²) in [6, 6.07) is 4.51. The molecular formula is C13H14FN3O3S. The van der Waals surface area contributed by atoms with E-state index in [1.54, 1.807) is 24.5 Å². The molecule has 1 heterocycles. The summed E-state index contributed by atoms with van der Waals surface area (Å²) in [5.41, 5.74) is 0.520. The molecule has 1 aromatic heterocycles. The monoisotopic (exact) mass is 311 g/mol. The number of hydrogen-bond acceptors (Lipinski definition) is 5. The predicted octanol–water partition coefficient (Wildman–Crippen LogP) is 2.29. The van der Waals surface area contributed by atoms with Crippen molar-refractivity contribution in [3.05, 3.63) is 29.8 Å². The summed E-state index contributed by atoms with van der Waals surface area (Å²) in [5, 5.41) is 16.9. The van der Waals surface area contributed by atoms with Crippen LogP contribution in [0.1, 0.15) is 12.7 Å². The standard InChI is InChI=1S/C13H14FN3O3S/c1-3-20-11-5-4-9(6-10(11)14)17-8(2)15-16-13(17)21-7-12(18)19/h4-6H,3,7H2,1-2H3,(H,18,19). The number of aromatic nitrogens is 3. The Morgan fingerprint density at radius 2 is 2.24 bits per heavy atom. The molecule has 6 nitrogen and oxygen atoms in total. The van der Waals surface area contributed by atoms with Crippen molar-refractivity contribution >= 4 is 17.7 Å². The van der Waals surface area contributed by atoms with E-state index < -0.39 is 11.8 Å². The van der Waals surface area contributed by atoms with E-state index in [-0.39, 0.29) is 11.5 Å². The second kappa shape index (κ2) is 6.57. The van der Waals surface area contributed by atoms with Crippen LogP contribution < -0.4 is 4.74 Å². The second-order valence-electron chi connectivity index (χ2n) is 4.10. The molecule has 2 aromatic rings. The van der Waals surface area contributed by atoms with Crippen molar-refractivity contribution in [3.63, 3.8) is 0 Å². The van der Waals surface area contributed by atoms with Crippen molar-refractivity contribution in [2.24, 2.45) is 0 Å². The van der Waals surface area contributed by atoms with Gasteiger partial charge in [-0.15, -0.1) is 10.2 Å². The predicted molar refractivity (Wildman–Crippen MR) is 75.6 cm³/mol. The summed E-state index contributed by atoms with van der Waals surface area (Å²) < 4.78 is 20.7. The van der Waals surface area contributed by atoms with E-state index in [1.807, 2.05) is 0 Å². The number of thioether (sulfide) groups is 1. The molecule has 0 atom stereocenters. The first-order valence-electron chi connectivity index (χ1n) is 6.22. The lowest BCUT2D eigenvalue weighted by Gasteiger charge is -2.10. The number of ether oxygens (including phenoxy) is 1. The number of carbonyl (C=O) groups is 1. The Labute approximate surface area is 124 Å². The number of aliphatic carboxylic acids is 1. The van der Waals surface area contributed by atoms with Gasteiger partial charge in [0, 0.05) is 6.07 Å². The molecule has 0 saturated carbocycles. The van der Waals surface area contributed by atoms with Crippen molar-refractivity contribution in [3.8, 4) is 11.4 Å². The van der Waals surface area contributed by atoms with Gasteiger partial charge in [-0.2, -0.15) is 0 Å². The summed E-state index contributed by atoms with van der Waals surface area (Å²) in [6.45, 7) is 3.87. The van der Waals surface area contributed by atoms with Crippen LogP contribution in [0, 0.1) is 12.7 Å². The van der Waals surface area contributed by atoms with Crippen LogP contribution in [0.5, 0.6) is 5.75 Å². The first-order valence-corrected chi connectivity index (χ1v) is 7.20. The number of benzene rings is 1. The Bertz CT molecular complexity index is 660. The molecule has 0 spiro atoms. The van der Waals surface area contributed by atoms with Crippen LogP contribution in [0.3, 0.4) is 0 Å². The lowest BCUT2D eigenvalue weighted by atomic mass is 10.3. The molecule has 0 fully saturated rings. The van der Waals surface area contributed by atoms with Crippen molar-refractivity contribution in [2.75, 3.05) is 12.4 Å². The molecule has 8 heteroatoms. The lowest BCUT2D eigenvalue weighted by Crippen LogP contribution is -2.04. The fourth-order valence-electron chi connectivity index (χ4n) is 1.76. The molecule has 2 rings (SSSR count). The van der Waals surface area contributed by atoms with Crippen LogP contribution in [0.4, 0.5) is 4.39 Å². The number of aryl methyl sites for hydroxylation is 1. The van der Waals surface area contributed by atoms with Gasteiger partial charge in [0.1, 0.15) is 5.82 Å². The van der Waals surface area contributed by atoms with Crippen LogP contribution in [-0.2, 0) is 4.79 Å². The van der Waals surface area contributed by atoms with Crippen LogP contribution >= 0.6 is 11.8 Å². The maximum absolute atomic E-state index is 13.9. The molecule has 0 aliphatic rings. The number of carboxylic acid groups (broad SMARTS) is 1. The van der Waals surface area contributed by atoms with Gasteiger partial charge in [0.2, 0.25) is 0 Å². The molecule has 0 amide bonds. The quantitative estimate of drug-likeness (QED) is 0.825. The fraction of sp³-hybridized carbons (Fsp3) is 0.308. The third-order valence-corrected chi connectivity index (χ3v) is 3.51. The van der Waals surface area contributed by atoms with Gasteiger partial charge in [0.15, 0.2) is 16.7 Å². The molecule has 1 N–H and O–H groups in total. The third kappa shape index (κ3) is 3.52. The Morgan fingerprint density at radius 3 is 2.86 bits per heavy atom. The number of hydrogen-bond donors (Lipinski definition) is 1. The first kappa shape index (κ1) is 15.3. The highest BCUT2D eigenvalue weighted by Gasteiger charge is 2.14. The molecule has 0 bridgehead atoms. The molecule has 0 aliphatic carbocycles. The van der Waals surface area contributed by atoms with Gasteiger partial charge in [-0.3, -0.25) is 9.36 Å². The topological polar surface area (TPSA) is 77.2 Å². The van der Waals surface area contributed by atoms with Crippen molar-refractivity contribution in [2.45, 2.75) is 19.0 Å². The molecule has 0 radical (unpaired) electrons. The van der Waals surface area contributed by atoms with E-state index in [4.69, 9.17) is 9.84 Å². The fourth-order valence-corrected chi connectivity index (χ4v) is 2.48. The second-order valence-corrected chi connectivity index (χ2v) is 5.04. The van der Waals surface area contributed by atoms with E-state index in [1.165, 1.54) is 12.1 Å². The van der Waals surface area contributed by atoms with E-state index >= 15 is 0 Å². The van der Waals surface area contributed by atoms with Gasteiger partial charge in [0.25, 0.3) is 0 Å². The minimum absolute atomic E-state index is 0.141. The molecule has 0 aliphatic heterocycles. The molecule has 0 unspecified atom stereocenters. The summed E-state index contributed by atoms with van der Waals surface area (Å²) in [4.78, 5) is 10.6. The molecule has 1 aromatic carbocycles. The number of carboxylic acids is 1. The largest absolute Gasteiger partial charge is 0.491 e. The van der Waals surface area contributed by atoms with Gasteiger partial charge in [-0.25, -0.2) is 4.39 Å². The zero-order valence-corrected chi connectivity index (χ0v) is 12.4. The Hall–Kier alpha value is -2.09. The van der Waals surface area contributed by atoms with Crippen molar-refractivity contribution in [1.29, 1.82) is 0 Å². The minimum Gasteiger partial charge on any atom is -0.491 e. The Kier molecular flexibility index (Phi) is 4.79. The zero-order chi connectivity index (χ0) is 15.4. The molecule has 112 valence electrons. The highest BCUT2D eigenvalue weighted by molar-refractivity contribution is 7.99. The van der Waals surface area contributed by atoms with Gasteiger partial charge in [-0.1, -0.05) is 11.8 Å². The highest BCUT2D eigenvalue weighted by Crippen LogP contribution is 2.25. The first-order chi connectivity index (χ1) is 10.0.